The third-order valence-corrected chi connectivity index (χ3v) is 7.59. The number of nitrogens with zero attached hydrogens (tertiary/aromatic N) is 2. The Morgan fingerprint density at radius 2 is 1.73 bits per heavy atom. The molecule has 0 bridgehead atoms. The first-order chi connectivity index (χ1) is 18.0. The average molecular weight is 504 g/mol. The molecule has 0 aromatic heterocycles. The number of nitrogens with one attached hydrogen (secondary N) is 1. The first-order valence-corrected chi connectivity index (χ1v) is 13.3. The van der Waals surface area contributed by atoms with E-state index in [9.17, 15) is 4.79 Å². The number of rotatable bonds is 11. The van der Waals surface area contributed by atoms with Gasteiger partial charge in [0.2, 0.25) is 5.91 Å². The van der Waals surface area contributed by atoms with Gasteiger partial charge in [-0.2, -0.15) is 0 Å². The lowest BCUT2D eigenvalue weighted by molar-refractivity contribution is -0.121. The summed E-state index contributed by atoms with van der Waals surface area (Å²) in [6.07, 6.45) is 3.35. The highest BCUT2D eigenvalue weighted by molar-refractivity contribution is 5.83. The Morgan fingerprint density at radius 1 is 0.973 bits per heavy atom. The zero-order valence-corrected chi connectivity index (χ0v) is 22.7. The molecule has 37 heavy (non-hydrogen) atoms. The van der Waals surface area contributed by atoms with Crippen LogP contribution in [0.3, 0.4) is 0 Å². The lowest BCUT2D eigenvalue weighted by atomic mass is 9.87. The zero-order valence-electron chi connectivity index (χ0n) is 22.7. The predicted octanol–water partition coefficient (Wildman–Crippen LogP) is 4.75. The molecule has 4 rings (SSSR count). The summed E-state index contributed by atoms with van der Waals surface area (Å²) >= 11 is 0. The normalized spacial score (nSPS) is 18.2. The highest BCUT2D eigenvalue weighted by Crippen LogP contribution is 2.28. The largest absolute Gasteiger partial charge is 0.493 e. The van der Waals surface area contributed by atoms with E-state index >= 15 is 0 Å². The van der Waals surface area contributed by atoms with Gasteiger partial charge in [0.1, 0.15) is 0 Å². The molecule has 0 spiro atoms. The van der Waals surface area contributed by atoms with E-state index in [4.69, 9.17) is 9.47 Å². The second-order valence-corrected chi connectivity index (χ2v) is 10.3. The van der Waals surface area contributed by atoms with Crippen molar-refractivity contribution >= 4 is 16.7 Å². The number of amides is 1. The van der Waals surface area contributed by atoms with Crippen molar-refractivity contribution in [1.29, 1.82) is 0 Å². The number of methoxy groups -OCH3 is 2. The standard InChI is InChI=1S/C31H41N3O3/c1-33(2)28-16-18-34(21-24-9-11-25-7-5-6-8-26(25)19-24)22-27(28)12-14-31(35)32-17-15-23-10-13-29(36-3)30(20-23)37-4/h5-11,13,19-20,27-28H,12,14-18,21-22H2,1-4H3,(H,32,35)/t27-,28+/m0/s1. The maximum Gasteiger partial charge on any atom is 0.220 e. The van der Waals surface area contributed by atoms with Crippen molar-refractivity contribution in [3.63, 3.8) is 0 Å². The van der Waals surface area contributed by atoms with E-state index in [2.05, 4.69) is 71.7 Å². The number of ether oxygens (including phenoxy) is 2. The number of benzene rings is 3. The van der Waals surface area contributed by atoms with Crippen LogP contribution in [0.4, 0.5) is 0 Å². The van der Waals surface area contributed by atoms with Gasteiger partial charge in [-0.05, 0) is 85.9 Å². The molecular weight excluding hydrogens is 462 g/mol. The maximum absolute atomic E-state index is 12.7. The van der Waals surface area contributed by atoms with Gasteiger partial charge >= 0.3 is 0 Å². The van der Waals surface area contributed by atoms with Crippen LogP contribution in [0.15, 0.2) is 60.7 Å². The Kier molecular flexibility index (Phi) is 9.42. The zero-order chi connectivity index (χ0) is 26.2. The van der Waals surface area contributed by atoms with Gasteiger partial charge in [0.25, 0.3) is 0 Å². The number of hydrogen-bond donors (Lipinski definition) is 1. The molecule has 1 saturated heterocycles. The highest BCUT2D eigenvalue weighted by Gasteiger charge is 2.30. The van der Waals surface area contributed by atoms with Crippen molar-refractivity contribution in [1.82, 2.24) is 15.1 Å². The summed E-state index contributed by atoms with van der Waals surface area (Å²) in [4.78, 5) is 17.6. The van der Waals surface area contributed by atoms with Crippen molar-refractivity contribution in [2.24, 2.45) is 5.92 Å². The lowest BCUT2D eigenvalue weighted by Gasteiger charge is -2.41. The fourth-order valence-electron chi connectivity index (χ4n) is 5.58. The van der Waals surface area contributed by atoms with E-state index in [1.165, 1.54) is 16.3 Å². The molecule has 3 aromatic rings. The van der Waals surface area contributed by atoms with E-state index in [1.807, 2.05) is 18.2 Å². The summed E-state index contributed by atoms with van der Waals surface area (Å²) in [6.45, 7) is 3.68. The fraction of sp³-hybridized carbons (Fsp3) is 0.452. The second-order valence-electron chi connectivity index (χ2n) is 10.3. The van der Waals surface area contributed by atoms with Crippen molar-refractivity contribution in [3.8, 4) is 11.5 Å². The summed E-state index contributed by atoms with van der Waals surface area (Å²) in [5, 5.41) is 5.69. The Labute approximate surface area is 221 Å². The van der Waals surface area contributed by atoms with E-state index in [0.717, 1.165) is 44.5 Å². The summed E-state index contributed by atoms with van der Waals surface area (Å²) in [6, 6.07) is 21.7. The van der Waals surface area contributed by atoms with Crippen LogP contribution in [0.5, 0.6) is 11.5 Å². The number of carbonyl (C=O) groups excluding carboxylic acids is 1. The fourth-order valence-corrected chi connectivity index (χ4v) is 5.58. The monoisotopic (exact) mass is 503 g/mol. The molecule has 0 aliphatic carbocycles. The average Bonchev–Trinajstić information content (AvgIpc) is 2.91. The minimum atomic E-state index is 0.129. The van der Waals surface area contributed by atoms with Gasteiger partial charge in [-0.15, -0.1) is 0 Å². The molecule has 1 aliphatic rings. The Hall–Kier alpha value is -3.09. The molecule has 1 aliphatic heterocycles. The van der Waals surface area contributed by atoms with E-state index in [-0.39, 0.29) is 5.91 Å². The van der Waals surface area contributed by atoms with E-state index in [1.54, 1.807) is 14.2 Å². The van der Waals surface area contributed by atoms with Crippen LogP contribution in [0.25, 0.3) is 10.8 Å². The minimum absolute atomic E-state index is 0.129. The first-order valence-electron chi connectivity index (χ1n) is 13.3. The molecule has 1 N–H and O–H groups in total. The first kappa shape index (κ1) is 27.0. The third-order valence-electron chi connectivity index (χ3n) is 7.59. The smallest absolute Gasteiger partial charge is 0.220 e. The van der Waals surface area contributed by atoms with Crippen LogP contribution in [0.2, 0.25) is 0 Å². The molecule has 6 nitrogen and oxygen atoms in total. The SMILES string of the molecule is COc1ccc(CCNC(=O)CC[C@H]2CN(Cc3ccc4ccccc4c3)CC[C@H]2N(C)C)cc1OC. The topological polar surface area (TPSA) is 54.0 Å². The van der Waals surface area contributed by atoms with Crippen LogP contribution in [0.1, 0.15) is 30.4 Å². The number of likely N-dealkylation sites (tertiary alicyclic amines) is 1. The molecule has 3 aromatic carbocycles. The Morgan fingerprint density at radius 3 is 2.49 bits per heavy atom. The highest BCUT2D eigenvalue weighted by atomic mass is 16.5. The van der Waals surface area contributed by atoms with Gasteiger partial charge in [0.05, 0.1) is 14.2 Å². The van der Waals surface area contributed by atoms with Crippen LogP contribution in [-0.2, 0) is 17.8 Å². The summed E-state index contributed by atoms with van der Waals surface area (Å²) in [5.74, 6) is 2.03. The molecular formula is C31H41N3O3. The predicted molar refractivity (Wildman–Crippen MR) is 150 cm³/mol. The van der Waals surface area contributed by atoms with Crippen molar-refractivity contribution in [2.75, 3.05) is 47.9 Å². The van der Waals surface area contributed by atoms with Gasteiger partial charge < -0.3 is 19.7 Å². The Balaban J connectivity index is 1.27. The van der Waals surface area contributed by atoms with Gasteiger partial charge in [-0.25, -0.2) is 0 Å². The Bertz CT molecular complexity index is 1180. The van der Waals surface area contributed by atoms with Crippen LogP contribution in [-0.4, -0.2) is 69.7 Å². The van der Waals surface area contributed by atoms with Crippen molar-refractivity contribution in [3.05, 3.63) is 71.8 Å². The third kappa shape index (κ3) is 7.24. The lowest BCUT2D eigenvalue weighted by Crippen LogP contribution is -2.48. The van der Waals surface area contributed by atoms with Crippen molar-refractivity contribution in [2.45, 2.75) is 38.3 Å². The summed E-state index contributed by atoms with van der Waals surface area (Å²) in [7, 11) is 7.60. The van der Waals surface area contributed by atoms with Crippen molar-refractivity contribution < 1.29 is 14.3 Å². The second kappa shape index (κ2) is 12.9. The molecule has 198 valence electrons. The van der Waals surface area contributed by atoms with Gasteiger partial charge in [0, 0.05) is 32.1 Å². The molecule has 2 atom stereocenters. The quantitative estimate of drug-likeness (QED) is 0.409. The van der Waals surface area contributed by atoms with Crippen LogP contribution in [0, 0.1) is 5.92 Å². The summed E-state index contributed by atoms with van der Waals surface area (Å²) < 4.78 is 10.7. The maximum atomic E-state index is 12.7. The number of fused-ring (bicyclic) bond motifs is 1. The summed E-state index contributed by atoms with van der Waals surface area (Å²) in [5.41, 5.74) is 2.47. The molecule has 6 heteroatoms. The minimum Gasteiger partial charge on any atom is -0.493 e. The van der Waals surface area contributed by atoms with Gasteiger partial charge in [0.15, 0.2) is 11.5 Å². The van der Waals surface area contributed by atoms with Crippen LogP contribution >= 0.6 is 0 Å². The molecule has 0 saturated carbocycles. The molecule has 0 unspecified atom stereocenters. The van der Waals surface area contributed by atoms with E-state index < -0.39 is 0 Å². The van der Waals surface area contributed by atoms with Gasteiger partial charge in [-0.3, -0.25) is 9.69 Å². The van der Waals surface area contributed by atoms with Gasteiger partial charge in [-0.1, -0.05) is 42.5 Å². The molecule has 0 radical (unpaired) electrons. The number of hydrogen-bond acceptors (Lipinski definition) is 5. The van der Waals surface area contributed by atoms with E-state index in [0.29, 0.717) is 36.4 Å². The number of carbonyl (C=O) groups is 1. The molecule has 1 amide bonds. The molecule has 1 fully saturated rings. The molecule has 1 heterocycles. The van der Waals surface area contributed by atoms with Crippen LogP contribution < -0.4 is 14.8 Å². The number of piperidine rings is 1.